The second-order valence-corrected chi connectivity index (χ2v) is 13.7. The molecule has 0 unspecified atom stereocenters. The predicted molar refractivity (Wildman–Crippen MR) is 217 cm³/mol. The summed E-state index contributed by atoms with van der Waals surface area (Å²) in [5.41, 5.74) is 12.2. The number of para-hydroxylation sites is 5. The third-order valence-electron chi connectivity index (χ3n) is 11.0. The first-order valence-corrected chi connectivity index (χ1v) is 17.8. The molecule has 12 rings (SSSR count). The van der Waals surface area contributed by atoms with E-state index in [-0.39, 0.29) is 0 Å². The molecule has 0 radical (unpaired) electrons. The molecule has 0 bridgehead atoms. The van der Waals surface area contributed by atoms with Crippen molar-refractivity contribution in [1.82, 2.24) is 13.7 Å². The van der Waals surface area contributed by atoms with Crippen molar-refractivity contribution in [2.75, 3.05) is 0 Å². The van der Waals surface area contributed by atoms with Crippen LogP contribution in [0.4, 0.5) is 0 Å². The van der Waals surface area contributed by atoms with Crippen molar-refractivity contribution in [3.8, 4) is 17.1 Å². The summed E-state index contributed by atoms with van der Waals surface area (Å²) in [6, 6.07) is 63.4. The van der Waals surface area contributed by atoms with Crippen LogP contribution in [0.25, 0.3) is 104 Å². The Morgan fingerprint density at radius 1 is 0.288 bits per heavy atom. The van der Waals surface area contributed by atoms with Gasteiger partial charge in [-0.05, 0) is 66.7 Å². The molecule has 4 aromatic heterocycles. The highest BCUT2D eigenvalue weighted by molar-refractivity contribution is 6.33. The first kappa shape index (κ1) is 27.7. The third kappa shape index (κ3) is 3.60. The normalized spacial score (nSPS) is 12.2. The molecule has 242 valence electrons. The van der Waals surface area contributed by atoms with Crippen molar-refractivity contribution in [1.29, 1.82) is 0 Å². The highest BCUT2D eigenvalue weighted by Gasteiger charge is 2.25. The van der Waals surface area contributed by atoms with Crippen LogP contribution >= 0.6 is 0 Å². The van der Waals surface area contributed by atoms with E-state index in [0.29, 0.717) is 0 Å². The average molecular weight is 664 g/mol. The number of benzene rings is 8. The van der Waals surface area contributed by atoms with Crippen LogP contribution in [0.1, 0.15) is 0 Å². The van der Waals surface area contributed by atoms with Gasteiger partial charge in [0.15, 0.2) is 0 Å². The van der Waals surface area contributed by atoms with E-state index in [1.54, 1.807) is 0 Å². The van der Waals surface area contributed by atoms with Gasteiger partial charge in [-0.15, -0.1) is 0 Å². The van der Waals surface area contributed by atoms with E-state index in [4.69, 9.17) is 4.42 Å². The van der Waals surface area contributed by atoms with E-state index >= 15 is 0 Å². The molecule has 12 aromatic rings. The summed E-state index contributed by atoms with van der Waals surface area (Å²) in [6.45, 7) is 0. The van der Waals surface area contributed by atoms with Gasteiger partial charge in [0.2, 0.25) is 0 Å². The van der Waals surface area contributed by atoms with Gasteiger partial charge in [0.1, 0.15) is 11.2 Å². The zero-order valence-corrected chi connectivity index (χ0v) is 28.0. The maximum Gasteiger partial charge on any atom is 0.137 e. The zero-order valence-electron chi connectivity index (χ0n) is 28.0. The second kappa shape index (κ2) is 10.3. The first-order valence-electron chi connectivity index (χ1n) is 17.8. The lowest BCUT2D eigenvalue weighted by atomic mass is 10.0. The molecule has 0 saturated heterocycles. The highest BCUT2D eigenvalue weighted by atomic mass is 16.3. The fourth-order valence-electron chi connectivity index (χ4n) is 8.90. The molecule has 0 aliphatic rings. The Kier molecular flexibility index (Phi) is 5.47. The number of nitrogens with zero attached hydrogens (tertiary/aromatic N) is 3. The number of aromatic nitrogens is 3. The van der Waals surface area contributed by atoms with Crippen LogP contribution < -0.4 is 0 Å². The van der Waals surface area contributed by atoms with Crippen LogP contribution in [0.15, 0.2) is 180 Å². The third-order valence-corrected chi connectivity index (χ3v) is 11.0. The Balaban J connectivity index is 1.38. The van der Waals surface area contributed by atoms with E-state index < -0.39 is 0 Å². The summed E-state index contributed by atoms with van der Waals surface area (Å²) in [5, 5.41) is 9.62. The molecule has 0 N–H and O–H groups in total. The Labute approximate surface area is 297 Å². The molecule has 0 aliphatic heterocycles. The Bertz CT molecular complexity index is 3380. The van der Waals surface area contributed by atoms with Crippen LogP contribution in [-0.4, -0.2) is 13.7 Å². The van der Waals surface area contributed by atoms with E-state index in [0.717, 1.165) is 44.5 Å². The molecule has 4 nitrogen and oxygen atoms in total. The Morgan fingerprint density at radius 3 is 1.42 bits per heavy atom. The lowest BCUT2D eigenvalue weighted by Gasteiger charge is -2.11. The van der Waals surface area contributed by atoms with Crippen molar-refractivity contribution in [3.05, 3.63) is 176 Å². The smallest absolute Gasteiger partial charge is 0.137 e. The SMILES string of the molecule is c1ccc(-n2c3ccc4c5ccccc5n(-c5ccccc5)c4c3c3c2ccc2c4cc5c(cc4n(-c4ccccc4)c23)oc2ccccc25)cc1. The molecule has 0 saturated carbocycles. The Morgan fingerprint density at radius 2 is 0.788 bits per heavy atom. The van der Waals surface area contributed by atoms with Crippen LogP contribution in [0.2, 0.25) is 0 Å². The lowest BCUT2D eigenvalue weighted by molar-refractivity contribution is 0.669. The van der Waals surface area contributed by atoms with Crippen LogP contribution in [0.3, 0.4) is 0 Å². The van der Waals surface area contributed by atoms with Crippen molar-refractivity contribution in [3.63, 3.8) is 0 Å². The summed E-state index contributed by atoms with van der Waals surface area (Å²) in [5.74, 6) is 0. The van der Waals surface area contributed by atoms with Gasteiger partial charge in [0, 0.05) is 66.2 Å². The molecule has 0 aliphatic carbocycles. The quantitative estimate of drug-likeness (QED) is 0.185. The van der Waals surface area contributed by atoms with Crippen molar-refractivity contribution >= 4 is 87.4 Å². The van der Waals surface area contributed by atoms with Gasteiger partial charge < -0.3 is 18.1 Å². The number of hydrogen-bond acceptors (Lipinski definition) is 1. The van der Waals surface area contributed by atoms with Gasteiger partial charge in [-0.1, -0.05) is 103 Å². The van der Waals surface area contributed by atoms with E-state index in [1.807, 2.05) is 6.07 Å². The first-order chi connectivity index (χ1) is 25.8. The van der Waals surface area contributed by atoms with Crippen LogP contribution in [-0.2, 0) is 0 Å². The van der Waals surface area contributed by atoms with E-state index in [9.17, 15) is 0 Å². The minimum Gasteiger partial charge on any atom is -0.456 e. The summed E-state index contributed by atoms with van der Waals surface area (Å²) < 4.78 is 13.9. The standard InChI is InChI=1S/C48H29N3O/c1-4-14-30(15-5-1)49-40-26-24-35-33-20-10-12-22-39(33)50(31-16-6-2-7-17-31)47(35)45(40)46-41(49)27-25-36-37-28-38-34-21-11-13-23-43(34)52-44(38)29-42(37)51(48(36)46)32-18-8-3-9-19-32/h1-29H. The highest BCUT2D eigenvalue weighted by Crippen LogP contribution is 2.47. The molecular formula is C48H29N3O. The monoisotopic (exact) mass is 663 g/mol. The van der Waals surface area contributed by atoms with E-state index in [2.05, 4.69) is 184 Å². The molecule has 0 spiro atoms. The molecule has 4 heterocycles. The minimum atomic E-state index is 0.892. The van der Waals surface area contributed by atoms with Gasteiger partial charge in [-0.3, -0.25) is 0 Å². The van der Waals surface area contributed by atoms with Gasteiger partial charge in [0.25, 0.3) is 0 Å². The van der Waals surface area contributed by atoms with Gasteiger partial charge in [-0.25, -0.2) is 0 Å². The molecular weight excluding hydrogens is 635 g/mol. The molecule has 52 heavy (non-hydrogen) atoms. The fourth-order valence-corrected chi connectivity index (χ4v) is 8.90. The Hall–Kier alpha value is -7.04. The number of furan rings is 1. The van der Waals surface area contributed by atoms with Gasteiger partial charge in [-0.2, -0.15) is 0 Å². The summed E-state index contributed by atoms with van der Waals surface area (Å²) in [7, 11) is 0. The second-order valence-electron chi connectivity index (χ2n) is 13.7. The molecule has 8 aromatic carbocycles. The van der Waals surface area contributed by atoms with Crippen molar-refractivity contribution in [2.45, 2.75) is 0 Å². The molecule has 4 heteroatoms. The van der Waals surface area contributed by atoms with Gasteiger partial charge in [0.05, 0.1) is 33.1 Å². The summed E-state index contributed by atoms with van der Waals surface area (Å²) in [4.78, 5) is 0. The van der Waals surface area contributed by atoms with E-state index in [1.165, 1.54) is 59.9 Å². The fraction of sp³-hybridized carbons (Fsp3) is 0. The number of rotatable bonds is 3. The lowest BCUT2D eigenvalue weighted by Crippen LogP contribution is -1.95. The van der Waals surface area contributed by atoms with Crippen LogP contribution in [0.5, 0.6) is 0 Å². The van der Waals surface area contributed by atoms with Crippen molar-refractivity contribution < 1.29 is 4.42 Å². The molecule has 0 amide bonds. The predicted octanol–water partition coefficient (Wildman–Crippen LogP) is 12.9. The van der Waals surface area contributed by atoms with Crippen LogP contribution in [0, 0.1) is 0 Å². The zero-order chi connectivity index (χ0) is 33.9. The van der Waals surface area contributed by atoms with Crippen molar-refractivity contribution in [2.24, 2.45) is 0 Å². The summed E-state index contributed by atoms with van der Waals surface area (Å²) in [6.07, 6.45) is 0. The molecule has 0 atom stereocenters. The summed E-state index contributed by atoms with van der Waals surface area (Å²) >= 11 is 0. The average Bonchev–Trinajstić information content (AvgIpc) is 3.94. The minimum absolute atomic E-state index is 0.892. The van der Waals surface area contributed by atoms with Gasteiger partial charge >= 0.3 is 0 Å². The topological polar surface area (TPSA) is 27.9 Å². The number of hydrogen-bond donors (Lipinski definition) is 0. The largest absolute Gasteiger partial charge is 0.456 e. The number of fused-ring (bicyclic) bond motifs is 14. The maximum atomic E-state index is 6.50. The maximum absolute atomic E-state index is 6.50. The molecule has 0 fully saturated rings.